The molecular weight excluding hydrogens is 705 g/mol. The zero-order chi connectivity index (χ0) is 38.6. The molecule has 2 heterocycles. The molecule has 1 aromatic rings. The van der Waals surface area contributed by atoms with E-state index in [1.165, 1.54) is 23.5 Å². The van der Waals surface area contributed by atoms with Gasteiger partial charge in [0, 0.05) is 32.7 Å². The number of likely N-dealkylation sites (N-methyl/N-ethyl adjacent to an activating group) is 1. The third kappa shape index (κ3) is 9.81. The lowest BCUT2D eigenvalue weighted by molar-refractivity contribution is -0.144. The molecule has 13 nitrogen and oxygen atoms in total. The average molecular weight is 763 g/mol. The van der Waals surface area contributed by atoms with Crippen LogP contribution in [0.25, 0.3) is 0 Å². The molecule has 5 amide bonds. The molecule has 52 heavy (non-hydrogen) atoms. The van der Waals surface area contributed by atoms with Gasteiger partial charge in [-0.1, -0.05) is 79.4 Å². The van der Waals surface area contributed by atoms with Gasteiger partial charge in [0.25, 0.3) is 15.9 Å². The number of nitrogens with zero attached hydrogens (tertiary/aromatic N) is 2. The summed E-state index contributed by atoms with van der Waals surface area (Å²) in [6.07, 6.45) is 7.23. The van der Waals surface area contributed by atoms with Gasteiger partial charge in [-0.05, 0) is 59.3 Å². The van der Waals surface area contributed by atoms with Crippen molar-refractivity contribution in [2.45, 2.75) is 115 Å². The van der Waals surface area contributed by atoms with Gasteiger partial charge in [0.1, 0.15) is 16.3 Å². The molecule has 1 aromatic heterocycles. The summed E-state index contributed by atoms with van der Waals surface area (Å²) >= 11 is 1.12. The molecule has 0 aromatic carbocycles. The summed E-state index contributed by atoms with van der Waals surface area (Å²) in [5.41, 5.74) is -1.32. The van der Waals surface area contributed by atoms with Crippen molar-refractivity contribution in [3.8, 4) is 0 Å². The first kappa shape index (κ1) is 41.5. The van der Waals surface area contributed by atoms with Crippen molar-refractivity contribution >= 4 is 50.9 Å². The van der Waals surface area contributed by atoms with Crippen molar-refractivity contribution < 1.29 is 32.4 Å². The number of fused-ring (bicyclic) bond motifs is 1. The van der Waals surface area contributed by atoms with E-state index in [4.69, 9.17) is 0 Å². The Labute approximate surface area is 313 Å². The number of ketones is 1. The van der Waals surface area contributed by atoms with E-state index in [0.29, 0.717) is 13.0 Å². The molecular formula is C37H58N6O7S2. The van der Waals surface area contributed by atoms with Gasteiger partial charge in [0.2, 0.25) is 17.6 Å². The predicted molar refractivity (Wildman–Crippen MR) is 201 cm³/mol. The molecule has 1 unspecified atom stereocenters. The first-order valence-corrected chi connectivity index (χ1v) is 20.7. The second kappa shape index (κ2) is 16.8. The van der Waals surface area contributed by atoms with E-state index in [2.05, 4.69) is 27.8 Å². The Morgan fingerprint density at radius 2 is 1.67 bits per heavy atom. The number of carbonyl (C=O) groups excluding carboxylic acids is 5. The predicted octanol–water partition coefficient (Wildman–Crippen LogP) is 3.67. The molecule has 0 radical (unpaired) electrons. The van der Waals surface area contributed by atoms with Gasteiger partial charge >= 0.3 is 6.03 Å². The first-order valence-electron chi connectivity index (χ1n) is 18.4. The van der Waals surface area contributed by atoms with Gasteiger partial charge < -0.3 is 26.2 Å². The fourth-order valence-corrected chi connectivity index (χ4v) is 9.82. The number of hydrogen-bond acceptors (Lipinski definition) is 8. The summed E-state index contributed by atoms with van der Waals surface area (Å²) in [6, 6.07) is -0.961. The lowest BCUT2D eigenvalue weighted by Crippen LogP contribution is -2.62. The summed E-state index contributed by atoms with van der Waals surface area (Å²) in [5, 5.41) is 12.9. The van der Waals surface area contributed by atoms with Crippen molar-refractivity contribution in [3.05, 3.63) is 30.2 Å². The number of rotatable bonds is 15. The Bertz CT molecular complexity index is 1580. The highest BCUT2D eigenvalue weighted by Crippen LogP contribution is 2.43. The number of thiophene rings is 1. The smallest absolute Gasteiger partial charge is 0.315 e. The monoisotopic (exact) mass is 762 g/mol. The number of hydrogen-bond donors (Lipinski definition) is 4. The number of nitrogens with one attached hydrogen (secondary N) is 4. The van der Waals surface area contributed by atoms with Crippen molar-refractivity contribution in [2.24, 2.45) is 28.6 Å². The topological polar surface area (TPSA) is 174 Å². The molecule has 3 fully saturated rings. The van der Waals surface area contributed by atoms with Crippen LogP contribution in [0, 0.1) is 28.6 Å². The van der Waals surface area contributed by atoms with Crippen LogP contribution < -0.4 is 21.3 Å². The van der Waals surface area contributed by atoms with E-state index in [9.17, 15) is 32.4 Å². The van der Waals surface area contributed by atoms with Crippen molar-refractivity contribution in [3.63, 3.8) is 0 Å². The largest absolute Gasteiger partial charge is 0.346 e. The highest BCUT2D eigenvalue weighted by molar-refractivity contribution is 7.91. The first-order chi connectivity index (χ1) is 24.2. The van der Waals surface area contributed by atoms with E-state index in [1.54, 1.807) is 16.3 Å². The lowest BCUT2D eigenvalue weighted by atomic mass is 9.80. The molecule has 290 valence electrons. The second-order valence-corrected chi connectivity index (χ2v) is 20.0. The summed E-state index contributed by atoms with van der Waals surface area (Å²) in [7, 11) is -2.30. The summed E-state index contributed by atoms with van der Waals surface area (Å²) < 4.78 is 27.8. The average Bonchev–Trinajstić information content (AvgIpc) is 3.80. The van der Waals surface area contributed by atoms with Crippen LogP contribution in [0.3, 0.4) is 0 Å². The van der Waals surface area contributed by atoms with Crippen LogP contribution in [0.4, 0.5) is 4.79 Å². The lowest BCUT2D eigenvalue weighted by Gasteiger charge is -2.38. The highest BCUT2D eigenvalue weighted by atomic mass is 32.2. The number of urea groups is 1. The van der Waals surface area contributed by atoms with Crippen molar-refractivity contribution in [2.75, 3.05) is 26.7 Å². The fourth-order valence-electron chi connectivity index (χ4n) is 7.43. The maximum Gasteiger partial charge on any atom is 0.315 e. The van der Waals surface area contributed by atoms with E-state index in [-0.39, 0.29) is 35.1 Å². The standard InChI is InChI=1S/C37H58N6O7S2/c1-9-18-38-33(46)30(44)26(20-23-13-10-14-23)39-32(45)29-25-16-11-15-24(25)21-43(29)34(47)31(37(5,6)7)41-35(48)40-27(36(2,3)4)22-42(8)52(49,50)28-17-12-19-51-28/h9,12,17,19,23-27,29,31H,1,10-11,13-16,18,20-22H2,2-8H3,(H,38,46)(H,39,45)(H2,40,41,48)/t24-,25-,26?,27+,29-,31+/m0/s1. The Morgan fingerprint density at radius 3 is 2.23 bits per heavy atom. The minimum atomic E-state index is -3.77. The number of carbonyl (C=O) groups is 5. The second-order valence-electron chi connectivity index (χ2n) is 16.8. The quantitative estimate of drug-likeness (QED) is 0.156. The third-order valence-electron chi connectivity index (χ3n) is 10.8. The number of amides is 5. The normalized spacial score (nSPS) is 22.5. The Hall–Kier alpha value is -3.30. The van der Waals surface area contributed by atoms with Crippen LogP contribution in [-0.4, -0.2) is 98.0 Å². The molecule has 0 spiro atoms. The van der Waals surface area contributed by atoms with Crippen LogP contribution in [-0.2, 0) is 29.2 Å². The number of Topliss-reactive ketones (excluding diaryl/α,β-unsaturated/α-hetero) is 1. The minimum Gasteiger partial charge on any atom is -0.346 e. The Morgan fingerprint density at radius 1 is 1.00 bits per heavy atom. The maximum absolute atomic E-state index is 14.6. The van der Waals surface area contributed by atoms with Gasteiger partial charge in [-0.3, -0.25) is 19.2 Å². The Kier molecular flexibility index (Phi) is 13.4. The van der Waals surface area contributed by atoms with Crippen LogP contribution in [0.15, 0.2) is 34.4 Å². The number of likely N-dealkylation sites (tertiary alicyclic amines) is 1. The van der Waals surface area contributed by atoms with Crippen LogP contribution in [0.1, 0.15) is 86.5 Å². The highest BCUT2D eigenvalue weighted by Gasteiger charge is 2.52. The molecule has 15 heteroatoms. The molecule has 2 saturated carbocycles. The minimum absolute atomic E-state index is 0.00459. The molecule has 4 N–H and O–H groups in total. The van der Waals surface area contributed by atoms with E-state index < -0.39 is 74.6 Å². The van der Waals surface area contributed by atoms with E-state index in [1.807, 2.05) is 41.5 Å². The molecule has 1 saturated heterocycles. The molecule has 2 aliphatic carbocycles. The van der Waals surface area contributed by atoms with Gasteiger partial charge in [0.05, 0.1) is 6.04 Å². The van der Waals surface area contributed by atoms with E-state index in [0.717, 1.165) is 49.9 Å². The SMILES string of the molecule is C=CCNC(=O)C(=O)C(CC1CCC1)NC(=O)[C@@H]1[C@H]2CCC[C@H]2CN1C(=O)[C@@H](NC(=O)N[C@H](CN(C)S(=O)(=O)c1cccs1)C(C)(C)C)C(C)(C)C. The van der Waals surface area contributed by atoms with Crippen LogP contribution in [0.5, 0.6) is 0 Å². The van der Waals surface area contributed by atoms with Gasteiger partial charge in [-0.15, -0.1) is 17.9 Å². The zero-order valence-corrected chi connectivity index (χ0v) is 33.3. The van der Waals surface area contributed by atoms with Crippen LogP contribution in [0.2, 0.25) is 0 Å². The number of sulfonamides is 1. The summed E-state index contributed by atoms with van der Waals surface area (Å²) in [5.74, 6) is -2.16. The molecule has 4 rings (SSSR count). The maximum atomic E-state index is 14.6. The van der Waals surface area contributed by atoms with Gasteiger partial charge in [-0.25, -0.2) is 13.2 Å². The summed E-state index contributed by atoms with van der Waals surface area (Å²) in [4.78, 5) is 70.0. The Balaban J connectivity index is 1.53. The van der Waals surface area contributed by atoms with Crippen LogP contribution >= 0.6 is 11.3 Å². The fraction of sp³-hybridized carbons (Fsp3) is 0.703. The summed E-state index contributed by atoms with van der Waals surface area (Å²) in [6.45, 7) is 15.2. The zero-order valence-electron chi connectivity index (χ0n) is 31.7. The third-order valence-corrected chi connectivity index (χ3v) is 14.0. The molecule has 1 aliphatic heterocycles. The van der Waals surface area contributed by atoms with Crippen molar-refractivity contribution in [1.29, 1.82) is 0 Å². The van der Waals surface area contributed by atoms with Crippen molar-refractivity contribution in [1.82, 2.24) is 30.5 Å². The van der Waals surface area contributed by atoms with Gasteiger partial charge in [-0.2, -0.15) is 4.31 Å². The molecule has 3 aliphatic rings. The van der Waals surface area contributed by atoms with Gasteiger partial charge in [0.15, 0.2) is 0 Å². The van der Waals surface area contributed by atoms with E-state index >= 15 is 0 Å². The molecule has 6 atom stereocenters. The molecule has 0 bridgehead atoms.